The molecule has 27 heavy (non-hydrogen) atoms. The van der Waals surface area contributed by atoms with E-state index in [0.29, 0.717) is 32.6 Å². The van der Waals surface area contributed by atoms with Crippen LogP contribution >= 0.6 is 0 Å². The van der Waals surface area contributed by atoms with Gasteiger partial charge in [-0.25, -0.2) is 0 Å². The maximum absolute atomic E-state index is 12.5. The van der Waals surface area contributed by atoms with Crippen molar-refractivity contribution in [1.82, 2.24) is 5.32 Å². The van der Waals surface area contributed by atoms with Gasteiger partial charge in [0.05, 0.1) is 19.3 Å². The highest BCUT2D eigenvalue weighted by Gasteiger charge is 2.39. The van der Waals surface area contributed by atoms with E-state index in [1.807, 2.05) is 54.6 Å². The molecule has 140 valence electrons. The summed E-state index contributed by atoms with van der Waals surface area (Å²) in [5.41, 5.74) is 2.45. The molecule has 1 amide bonds. The molecular formula is C23H26N2O2. The molecule has 4 heteroatoms. The second-order valence-electron chi connectivity index (χ2n) is 7.23. The van der Waals surface area contributed by atoms with Crippen LogP contribution in [0.4, 0.5) is 0 Å². The molecule has 2 aromatic rings. The monoisotopic (exact) mass is 362 g/mol. The molecule has 0 bridgehead atoms. The standard InChI is InChI=1S/C23H26N2O2/c24-18-23(13-5-2-6-14-23)22(26)25-15-19-9-11-21(12-10-19)17-27-16-20-7-3-1-4-8-20/h1,3-4,7-12H,2,5-6,13-17H2,(H,25,26). The average Bonchev–Trinajstić information content (AvgIpc) is 2.74. The topological polar surface area (TPSA) is 62.1 Å². The number of rotatable bonds is 7. The molecule has 0 saturated heterocycles. The number of carbonyl (C=O) groups is 1. The number of ether oxygens (including phenoxy) is 1. The maximum atomic E-state index is 12.5. The van der Waals surface area contributed by atoms with Gasteiger partial charge in [-0.15, -0.1) is 0 Å². The lowest BCUT2D eigenvalue weighted by molar-refractivity contribution is -0.129. The van der Waals surface area contributed by atoms with Gasteiger partial charge in [-0.1, -0.05) is 73.9 Å². The molecule has 0 unspecified atom stereocenters. The van der Waals surface area contributed by atoms with Crippen molar-refractivity contribution in [2.75, 3.05) is 0 Å². The van der Waals surface area contributed by atoms with Gasteiger partial charge >= 0.3 is 0 Å². The molecule has 1 aliphatic carbocycles. The smallest absolute Gasteiger partial charge is 0.240 e. The van der Waals surface area contributed by atoms with Gasteiger partial charge in [-0.3, -0.25) is 4.79 Å². The van der Waals surface area contributed by atoms with Gasteiger partial charge in [0.25, 0.3) is 0 Å². The molecule has 1 fully saturated rings. The molecule has 3 rings (SSSR count). The van der Waals surface area contributed by atoms with Crippen molar-refractivity contribution in [2.45, 2.75) is 51.9 Å². The van der Waals surface area contributed by atoms with Crippen molar-refractivity contribution >= 4 is 5.91 Å². The summed E-state index contributed by atoms with van der Waals surface area (Å²) in [5.74, 6) is -0.125. The lowest BCUT2D eigenvalue weighted by Gasteiger charge is -2.29. The Morgan fingerprint density at radius 2 is 1.52 bits per heavy atom. The first kappa shape index (κ1) is 19.1. The Hall–Kier alpha value is -2.64. The zero-order valence-corrected chi connectivity index (χ0v) is 15.6. The molecule has 2 aromatic carbocycles. The summed E-state index contributed by atoms with van der Waals surface area (Å²) in [7, 11) is 0. The summed E-state index contributed by atoms with van der Waals surface area (Å²) < 4.78 is 5.75. The minimum atomic E-state index is -0.830. The lowest BCUT2D eigenvalue weighted by atomic mass is 9.74. The van der Waals surface area contributed by atoms with Crippen LogP contribution in [-0.2, 0) is 29.3 Å². The molecule has 0 heterocycles. The minimum absolute atomic E-state index is 0.125. The van der Waals surface area contributed by atoms with Crippen molar-refractivity contribution in [3.63, 3.8) is 0 Å². The molecule has 0 atom stereocenters. The zero-order valence-electron chi connectivity index (χ0n) is 15.6. The summed E-state index contributed by atoms with van der Waals surface area (Å²) >= 11 is 0. The maximum Gasteiger partial charge on any atom is 0.240 e. The van der Waals surface area contributed by atoms with Gasteiger partial charge in [0, 0.05) is 6.54 Å². The van der Waals surface area contributed by atoms with Gasteiger partial charge < -0.3 is 10.1 Å². The van der Waals surface area contributed by atoms with Crippen molar-refractivity contribution in [3.8, 4) is 6.07 Å². The predicted molar refractivity (Wildman–Crippen MR) is 104 cm³/mol. The van der Waals surface area contributed by atoms with Gasteiger partial charge in [0.15, 0.2) is 0 Å². The highest BCUT2D eigenvalue weighted by Crippen LogP contribution is 2.35. The van der Waals surface area contributed by atoms with E-state index in [1.54, 1.807) is 0 Å². The molecule has 0 aromatic heterocycles. The number of carbonyl (C=O) groups excluding carboxylic acids is 1. The van der Waals surface area contributed by atoms with Crippen molar-refractivity contribution in [1.29, 1.82) is 5.26 Å². The van der Waals surface area contributed by atoms with Crippen LogP contribution < -0.4 is 5.32 Å². The fraction of sp³-hybridized carbons (Fsp3) is 0.391. The van der Waals surface area contributed by atoms with E-state index in [2.05, 4.69) is 11.4 Å². The van der Waals surface area contributed by atoms with Crippen LogP contribution in [0.1, 0.15) is 48.8 Å². The van der Waals surface area contributed by atoms with Crippen LogP contribution in [0.25, 0.3) is 0 Å². The summed E-state index contributed by atoms with van der Waals surface area (Å²) in [6.45, 7) is 1.60. The molecule has 0 spiro atoms. The zero-order chi connectivity index (χ0) is 19.0. The molecule has 4 nitrogen and oxygen atoms in total. The third kappa shape index (κ3) is 5.18. The Kier molecular flexibility index (Phi) is 6.62. The Morgan fingerprint density at radius 3 is 2.15 bits per heavy atom. The number of benzene rings is 2. The summed E-state index contributed by atoms with van der Waals surface area (Å²) in [5, 5.41) is 12.4. The molecule has 0 radical (unpaired) electrons. The van der Waals surface area contributed by atoms with Crippen LogP contribution in [0.5, 0.6) is 0 Å². The molecule has 0 aliphatic heterocycles. The van der Waals surface area contributed by atoms with Gasteiger partial charge in [0.2, 0.25) is 5.91 Å². The van der Waals surface area contributed by atoms with Crippen LogP contribution in [0.15, 0.2) is 54.6 Å². The predicted octanol–water partition coefficient (Wildman–Crippen LogP) is 4.49. The Bertz CT molecular complexity index is 772. The number of hydrogen-bond donors (Lipinski definition) is 1. The highest BCUT2D eigenvalue weighted by atomic mass is 16.5. The fourth-order valence-electron chi connectivity index (χ4n) is 3.51. The number of amides is 1. The highest BCUT2D eigenvalue weighted by molar-refractivity contribution is 5.85. The summed E-state index contributed by atoms with van der Waals surface area (Å²) in [4.78, 5) is 12.5. The van der Waals surface area contributed by atoms with Crippen molar-refractivity contribution in [3.05, 3.63) is 71.3 Å². The minimum Gasteiger partial charge on any atom is -0.372 e. The summed E-state index contributed by atoms with van der Waals surface area (Å²) in [6, 6.07) is 20.4. The average molecular weight is 362 g/mol. The first-order chi connectivity index (χ1) is 13.2. The molecular weight excluding hydrogens is 336 g/mol. The van der Waals surface area contributed by atoms with Gasteiger partial charge in [-0.05, 0) is 29.5 Å². The number of nitrogens with zero attached hydrogens (tertiary/aromatic N) is 1. The van der Waals surface area contributed by atoms with E-state index in [1.165, 1.54) is 0 Å². The Balaban J connectivity index is 1.46. The first-order valence-corrected chi connectivity index (χ1v) is 9.61. The molecule has 1 N–H and O–H groups in total. The van der Waals surface area contributed by atoms with Crippen LogP contribution in [0.3, 0.4) is 0 Å². The van der Waals surface area contributed by atoms with E-state index in [0.717, 1.165) is 36.0 Å². The van der Waals surface area contributed by atoms with Gasteiger partial charge in [0.1, 0.15) is 5.41 Å². The van der Waals surface area contributed by atoms with E-state index in [9.17, 15) is 10.1 Å². The lowest BCUT2D eigenvalue weighted by Crippen LogP contribution is -2.41. The fourth-order valence-corrected chi connectivity index (χ4v) is 3.51. The third-order valence-corrected chi connectivity index (χ3v) is 5.21. The van der Waals surface area contributed by atoms with E-state index < -0.39 is 5.41 Å². The third-order valence-electron chi connectivity index (χ3n) is 5.21. The summed E-state index contributed by atoms with van der Waals surface area (Å²) in [6.07, 6.45) is 4.38. The SMILES string of the molecule is N#CC1(C(=O)NCc2ccc(COCc3ccccc3)cc2)CCCCC1. The number of hydrogen-bond acceptors (Lipinski definition) is 3. The molecule has 1 saturated carbocycles. The Labute approximate surface area is 161 Å². The number of nitriles is 1. The van der Waals surface area contributed by atoms with Crippen molar-refractivity contribution < 1.29 is 9.53 Å². The van der Waals surface area contributed by atoms with Gasteiger partial charge in [-0.2, -0.15) is 5.26 Å². The second-order valence-corrected chi connectivity index (χ2v) is 7.23. The largest absolute Gasteiger partial charge is 0.372 e. The van der Waals surface area contributed by atoms with E-state index in [-0.39, 0.29) is 5.91 Å². The van der Waals surface area contributed by atoms with E-state index in [4.69, 9.17) is 4.74 Å². The van der Waals surface area contributed by atoms with Crippen LogP contribution in [-0.4, -0.2) is 5.91 Å². The normalized spacial score (nSPS) is 15.7. The van der Waals surface area contributed by atoms with Crippen LogP contribution in [0.2, 0.25) is 0 Å². The quantitative estimate of drug-likeness (QED) is 0.789. The van der Waals surface area contributed by atoms with E-state index >= 15 is 0 Å². The Morgan fingerprint density at radius 1 is 0.926 bits per heavy atom. The first-order valence-electron chi connectivity index (χ1n) is 9.61. The molecule has 1 aliphatic rings. The van der Waals surface area contributed by atoms with Crippen LogP contribution in [0, 0.1) is 16.7 Å². The van der Waals surface area contributed by atoms with Crippen molar-refractivity contribution in [2.24, 2.45) is 5.41 Å². The second kappa shape index (κ2) is 9.34. The number of nitrogens with one attached hydrogen (secondary N) is 1.